The molecule has 3 aromatic rings. The lowest BCUT2D eigenvalue weighted by Gasteiger charge is -2.13. The van der Waals surface area contributed by atoms with Crippen molar-refractivity contribution < 1.29 is 4.79 Å². The highest BCUT2D eigenvalue weighted by Crippen LogP contribution is 2.31. The van der Waals surface area contributed by atoms with Crippen molar-refractivity contribution in [3.05, 3.63) is 83.9 Å². The van der Waals surface area contributed by atoms with Crippen LogP contribution in [-0.4, -0.2) is 31.6 Å². The normalized spacial score (nSPS) is 10.8. The highest BCUT2D eigenvalue weighted by atomic mass is 16.1. The van der Waals surface area contributed by atoms with E-state index in [1.165, 1.54) is 0 Å². The molecule has 124 valence electrons. The monoisotopic (exact) mass is 328 g/mol. The number of hydrazone groups is 1. The lowest BCUT2D eigenvalue weighted by molar-refractivity contribution is 0.112. The topological polar surface area (TPSA) is 32.7 Å². The van der Waals surface area contributed by atoms with Crippen molar-refractivity contribution in [3.63, 3.8) is 0 Å². The van der Waals surface area contributed by atoms with Crippen molar-refractivity contribution in [2.45, 2.75) is 0 Å². The summed E-state index contributed by atoms with van der Waals surface area (Å²) in [5.41, 5.74) is 6.15. The van der Waals surface area contributed by atoms with E-state index in [4.69, 9.17) is 0 Å². The maximum Gasteiger partial charge on any atom is 0.150 e. The van der Waals surface area contributed by atoms with Gasteiger partial charge in [0.05, 0.1) is 6.21 Å². The first-order valence-corrected chi connectivity index (χ1v) is 8.14. The van der Waals surface area contributed by atoms with E-state index in [-0.39, 0.29) is 0 Å². The van der Waals surface area contributed by atoms with Crippen LogP contribution >= 0.6 is 0 Å². The molecule has 0 heterocycles. The molecular weight excluding hydrogens is 308 g/mol. The Labute approximate surface area is 148 Å². The summed E-state index contributed by atoms with van der Waals surface area (Å²) in [5, 5.41) is 6.23. The summed E-state index contributed by atoms with van der Waals surface area (Å²) in [6.07, 6.45) is 2.75. The Kier molecular flexibility index (Phi) is 5.05. The van der Waals surface area contributed by atoms with Crippen LogP contribution in [0, 0.1) is 0 Å². The first-order valence-electron chi connectivity index (χ1n) is 8.14. The van der Waals surface area contributed by atoms with E-state index >= 15 is 0 Å². The van der Waals surface area contributed by atoms with Gasteiger partial charge in [0.1, 0.15) is 6.29 Å². The minimum Gasteiger partial charge on any atom is -0.303 e. The molecule has 0 saturated carbocycles. The smallest absolute Gasteiger partial charge is 0.150 e. The van der Waals surface area contributed by atoms with Crippen LogP contribution in [0.5, 0.6) is 0 Å². The van der Waals surface area contributed by atoms with E-state index in [1.54, 1.807) is 5.01 Å². The van der Waals surface area contributed by atoms with Gasteiger partial charge in [0.25, 0.3) is 0 Å². The number of benzene rings is 3. The molecule has 0 aliphatic heterocycles. The molecule has 25 heavy (non-hydrogen) atoms. The van der Waals surface area contributed by atoms with Crippen molar-refractivity contribution in [1.29, 1.82) is 0 Å². The van der Waals surface area contributed by atoms with Gasteiger partial charge in [0.2, 0.25) is 0 Å². The van der Waals surface area contributed by atoms with Crippen LogP contribution in [0.4, 0.5) is 0 Å². The van der Waals surface area contributed by atoms with Gasteiger partial charge in [0, 0.05) is 25.2 Å². The van der Waals surface area contributed by atoms with Gasteiger partial charge in [-0.2, -0.15) is 5.10 Å². The van der Waals surface area contributed by atoms with E-state index in [0.717, 1.165) is 34.1 Å². The van der Waals surface area contributed by atoms with Crippen LogP contribution in [0.2, 0.25) is 0 Å². The molecule has 0 aromatic heterocycles. The Morgan fingerprint density at radius 3 is 1.92 bits per heavy atom. The van der Waals surface area contributed by atoms with E-state index in [1.807, 2.05) is 62.8 Å². The average Bonchev–Trinajstić information content (AvgIpc) is 2.67. The van der Waals surface area contributed by atoms with E-state index in [2.05, 4.69) is 35.4 Å². The highest BCUT2D eigenvalue weighted by molar-refractivity contribution is 5.98. The average molecular weight is 328 g/mol. The summed E-state index contributed by atoms with van der Waals surface area (Å²) >= 11 is 0. The molecule has 0 spiro atoms. The second-order valence-electron chi connectivity index (χ2n) is 5.96. The summed E-state index contributed by atoms with van der Waals surface area (Å²) < 4.78 is 0. The van der Waals surface area contributed by atoms with Crippen LogP contribution in [0.3, 0.4) is 0 Å². The molecule has 0 N–H and O–H groups in total. The Bertz CT molecular complexity index is 882. The second kappa shape index (κ2) is 7.58. The van der Waals surface area contributed by atoms with Gasteiger partial charge < -0.3 is 5.01 Å². The summed E-state index contributed by atoms with van der Waals surface area (Å²) in [6, 6.07) is 24.1. The molecule has 3 heteroatoms. The number of carbonyl (C=O) groups excluding carboxylic acids is 1. The molecule has 0 saturated heterocycles. The molecule has 3 aromatic carbocycles. The summed E-state index contributed by atoms with van der Waals surface area (Å²) in [6.45, 7) is 0. The maximum absolute atomic E-state index is 10.9. The summed E-state index contributed by atoms with van der Waals surface area (Å²) in [7, 11) is 3.81. The molecule has 3 nitrogen and oxygen atoms in total. The molecule has 0 bridgehead atoms. The van der Waals surface area contributed by atoms with Crippen molar-refractivity contribution in [2.24, 2.45) is 5.10 Å². The molecule has 0 fully saturated rings. The zero-order chi connectivity index (χ0) is 17.6. The quantitative estimate of drug-likeness (QED) is 0.385. The van der Waals surface area contributed by atoms with Crippen LogP contribution in [-0.2, 0) is 0 Å². The van der Waals surface area contributed by atoms with E-state index in [0.29, 0.717) is 5.56 Å². The molecule has 0 amide bonds. The van der Waals surface area contributed by atoms with Crippen molar-refractivity contribution >= 4 is 12.5 Å². The minimum atomic E-state index is 0.673. The largest absolute Gasteiger partial charge is 0.303 e. The van der Waals surface area contributed by atoms with Crippen molar-refractivity contribution in [3.8, 4) is 22.3 Å². The fourth-order valence-corrected chi connectivity index (χ4v) is 2.74. The van der Waals surface area contributed by atoms with Gasteiger partial charge in [0.15, 0.2) is 0 Å². The molecule has 0 aliphatic carbocycles. The van der Waals surface area contributed by atoms with Crippen molar-refractivity contribution in [2.75, 3.05) is 14.1 Å². The van der Waals surface area contributed by atoms with Gasteiger partial charge in [-0.05, 0) is 22.3 Å². The number of nitrogens with zero attached hydrogens (tertiary/aromatic N) is 2. The highest BCUT2D eigenvalue weighted by Gasteiger charge is 2.10. The molecule has 3 rings (SSSR count). The third-order valence-corrected chi connectivity index (χ3v) is 3.97. The third kappa shape index (κ3) is 3.83. The zero-order valence-corrected chi connectivity index (χ0v) is 14.4. The molecule has 0 atom stereocenters. The Morgan fingerprint density at radius 2 is 1.36 bits per heavy atom. The van der Waals surface area contributed by atoms with Gasteiger partial charge >= 0.3 is 0 Å². The number of aldehydes is 1. The van der Waals surface area contributed by atoms with Crippen LogP contribution in [0.25, 0.3) is 22.3 Å². The Hall–Kier alpha value is -3.20. The maximum atomic E-state index is 10.9. The number of rotatable bonds is 5. The fraction of sp³-hybridized carbons (Fsp3) is 0.0909. The van der Waals surface area contributed by atoms with Gasteiger partial charge in [-0.1, -0.05) is 72.8 Å². The number of carbonyl (C=O) groups is 1. The van der Waals surface area contributed by atoms with Crippen LogP contribution < -0.4 is 0 Å². The van der Waals surface area contributed by atoms with Gasteiger partial charge in [-0.3, -0.25) is 4.79 Å². The third-order valence-electron chi connectivity index (χ3n) is 3.97. The first kappa shape index (κ1) is 16.7. The van der Waals surface area contributed by atoms with Crippen molar-refractivity contribution in [1.82, 2.24) is 5.01 Å². The standard InChI is InChI=1S/C22H20N2O/c1-24(2)23-15-22-20(18-7-4-3-5-8-18)9-6-10-21(22)19-13-11-17(16-25)12-14-19/h3-16H,1-2H3/b23-15+. The lowest BCUT2D eigenvalue weighted by atomic mass is 9.92. The summed E-state index contributed by atoms with van der Waals surface area (Å²) in [4.78, 5) is 10.9. The molecule has 0 radical (unpaired) electrons. The predicted octanol–water partition coefficient (Wildman–Crippen LogP) is 4.73. The summed E-state index contributed by atoms with van der Waals surface area (Å²) in [5.74, 6) is 0. The van der Waals surface area contributed by atoms with Gasteiger partial charge in [-0.15, -0.1) is 0 Å². The Morgan fingerprint density at radius 1 is 0.760 bits per heavy atom. The van der Waals surface area contributed by atoms with E-state index in [9.17, 15) is 4.79 Å². The molecular formula is C22H20N2O. The lowest BCUT2D eigenvalue weighted by Crippen LogP contribution is -2.03. The number of hydrogen-bond donors (Lipinski definition) is 0. The SMILES string of the molecule is CN(C)/N=C/c1c(-c2ccccc2)cccc1-c1ccc(C=O)cc1. The van der Waals surface area contributed by atoms with E-state index < -0.39 is 0 Å². The van der Waals surface area contributed by atoms with Crippen LogP contribution in [0.1, 0.15) is 15.9 Å². The minimum absolute atomic E-state index is 0.673. The van der Waals surface area contributed by atoms with Crippen LogP contribution in [0.15, 0.2) is 77.9 Å². The van der Waals surface area contributed by atoms with Gasteiger partial charge in [-0.25, -0.2) is 0 Å². The molecule has 0 unspecified atom stereocenters. The Balaban J connectivity index is 2.18. The number of hydrogen-bond acceptors (Lipinski definition) is 3. The zero-order valence-electron chi connectivity index (χ0n) is 14.4. The second-order valence-corrected chi connectivity index (χ2v) is 5.96. The fourth-order valence-electron chi connectivity index (χ4n) is 2.74. The predicted molar refractivity (Wildman–Crippen MR) is 104 cm³/mol. The first-order chi connectivity index (χ1) is 12.2. The molecule has 0 aliphatic rings.